The van der Waals surface area contributed by atoms with Crippen LogP contribution in [0.3, 0.4) is 0 Å². The largest absolute Gasteiger partial charge is 0.493 e. The second-order valence-electron chi connectivity index (χ2n) is 7.23. The van der Waals surface area contributed by atoms with Crippen molar-refractivity contribution in [2.45, 2.75) is 39.5 Å². The van der Waals surface area contributed by atoms with Crippen LogP contribution in [0.25, 0.3) is 0 Å². The average molecular weight is 353 g/mol. The highest BCUT2D eigenvalue weighted by molar-refractivity contribution is 5.88. The Labute approximate surface area is 155 Å². The number of ether oxygens (including phenoxy) is 1. The number of anilines is 2. The molecule has 1 N–H and O–H groups in total. The molecule has 1 fully saturated rings. The standard InChI is InChI=1S/C22H27NO3/c1-4-23(18-9-7-17(8-10-18)22(24)25)19-11-12-20(15(2)3)21(13-19)26-14-16-5-6-16/h7-13,15-16H,4-6,14H2,1-3H3,(H,24,25). The lowest BCUT2D eigenvalue weighted by Crippen LogP contribution is -2.16. The minimum atomic E-state index is -0.906. The minimum Gasteiger partial charge on any atom is -0.493 e. The van der Waals surface area contributed by atoms with E-state index < -0.39 is 5.97 Å². The molecule has 0 unspecified atom stereocenters. The van der Waals surface area contributed by atoms with Crippen molar-refractivity contribution in [2.24, 2.45) is 5.92 Å². The Kier molecular flexibility index (Phi) is 5.50. The molecule has 2 aromatic rings. The number of rotatable bonds is 8. The number of aromatic carboxylic acids is 1. The third kappa shape index (κ3) is 4.18. The molecule has 3 rings (SSSR count). The van der Waals surface area contributed by atoms with E-state index in [1.807, 2.05) is 12.1 Å². The molecule has 4 nitrogen and oxygen atoms in total. The number of carboxylic acid groups (broad SMARTS) is 1. The number of hydrogen-bond donors (Lipinski definition) is 1. The van der Waals surface area contributed by atoms with E-state index >= 15 is 0 Å². The summed E-state index contributed by atoms with van der Waals surface area (Å²) >= 11 is 0. The van der Waals surface area contributed by atoms with E-state index in [9.17, 15) is 4.79 Å². The zero-order valence-electron chi connectivity index (χ0n) is 15.7. The number of carbonyl (C=O) groups is 1. The molecule has 1 saturated carbocycles. The van der Waals surface area contributed by atoms with Crippen LogP contribution in [-0.4, -0.2) is 24.2 Å². The topological polar surface area (TPSA) is 49.8 Å². The smallest absolute Gasteiger partial charge is 0.335 e. The van der Waals surface area contributed by atoms with Gasteiger partial charge in [-0.15, -0.1) is 0 Å². The lowest BCUT2D eigenvalue weighted by atomic mass is 10.0. The number of carboxylic acids is 1. The van der Waals surface area contributed by atoms with E-state index in [0.29, 0.717) is 17.4 Å². The van der Waals surface area contributed by atoms with Gasteiger partial charge in [-0.05, 0) is 67.5 Å². The molecular weight excluding hydrogens is 326 g/mol. The van der Waals surface area contributed by atoms with Gasteiger partial charge in [0, 0.05) is 24.0 Å². The Balaban J connectivity index is 1.89. The summed E-state index contributed by atoms with van der Waals surface area (Å²) in [5.74, 6) is 1.18. The molecule has 0 bridgehead atoms. The first-order chi connectivity index (χ1) is 12.5. The summed E-state index contributed by atoms with van der Waals surface area (Å²) in [6.07, 6.45) is 2.54. The first kappa shape index (κ1) is 18.3. The van der Waals surface area contributed by atoms with E-state index in [1.165, 1.54) is 18.4 Å². The molecule has 1 aliphatic rings. The maximum atomic E-state index is 11.1. The molecule has 1 aliphatic carbocycles. The quantitative estimate of drug-likeness (QED) is 0.685. The lowest BCUT2D eigenvalue weighted by molar-refractivity contribution is 0.0697. The Morgan fingerprint density at radius 2 is 1.81 bits per heavy atom. The van der Waals surface area contributed by atoms with Crippen molar-refractivity contribution < 1.29 is 14.6 Å². The zero-order chi connectivity index (χ0) is 18.7. The van der Waals surface area contributed by atoms with Crippen molar-refractivity contribution in [1.82, 2.24) is 0 Å². The molecule has 0 amide bonds. The van der Waals surface area contributed by atoms with Crippen LogP contribution < -0.4 is 9.64 Å². The summed E-state index contributed by atoms with van der Waals surface area (Å²) in [7, 11) is 0. The lowest BCUT2D eigenvalue weighted by Gasteiger charge is -2.25. The van der Waals surface area contributed by atoms with Crippen LogP contribution in [0, 0.1) is 5.92 Å². The Morgan fingerprint density at radius 1 is 1.15 bits per heavy atom. The number of nitrogens with zero attached hydrogens (tertiary/aromatic N) is 1. The predicted octanol–water partition coefficient (Wildman–Crippen LogP) is 5.46. The van der Waals surface area contributed by atoms with Gasteiger partial charge in [-0.2, -0.15) is 0 Å². The van der Waals surface area contributed by atoms with Gasteiger partial charge in [-0.3, -0.25) is 0 Å². The van der Waals surface area contributed by atoms with Crippen LogP contribution in [0.5, 0.6) is 5.75 Å². The van der Waals surface area contributed by atoms with Gasteiger partial charge >= 0.3 is 5.97 Å². The molecule has 0 aliphatic heterocycles. The predicted molar refractivity (Wildman–Crippen MR) is 105 cm³/mol. The summed E-state index contributed by atoms with van der Waals surface area (Å²) in [5, 5.41) is 9.09. The molecule has 0 spiro atoms. The number of benzene rings is 2. The van der Waals surface area contributed by atoms with E-state index in [4.69, 9.17) is 9.84 Å². The highest BCUT2D eigenvalue weighted by atomic mass is 16.5. The minimum absolute atomic E-state index is 0.299. The molecule has 2 aromatic carbocycles. The van der Waals surface area contributed by atoms with Crippen LogP contribution in [0.1, 0.15) is 55.5 Å². The summed E-state index contributed by atoms with van der Waals surface area (Å²) in [6, 6.07) is 13.4. The summed E-state index contributed by atoms with van der Waals surface area (Å²) in [4.78, 5) is 13.2. The van der Waals surface area contributed by atoms with Crippen molar-refractivity contribution in [3.63, 3.8) is 0 Å². The molecular formula is C22H27NO3. The molecule has 0 radical (unpaired) electrons. The van der Waals surface area contributed by atoms with Crippen LogP contribution in [0.15, 0.2) is 42.5 Å². The zero-order valence-corrected chi connectivity index (χ0v) is 15.7. The van der Waals surface area contributed by atoms with Crippen molar-refractivity contribution in [3.8, 4) is 5.75 Å². The van der Waals surface area contributed by atoms with Gasteiger partial charge in [0.15, 0.2) is 0 Å². The van der Waals surface area contributed by atoms with Gasteiger partial charge in [0.2, 0.25) is 0 Å². The van der Waals surface area contributed by atoms with Crippen molar-refractivity contribution in [3.05, 3.63) is 53.6 Å². The maximum Gasteiger partial charge on any atom is 0.335 e. The molecule has 138 valence electrons. The van der Waals surface area contributed by atoms with E-state index in [0.717, 1.165) is 30.3 Å². The fourth-order valence-corrected chi connectivity index (χ4v) is 3.08. The average Bonchev–Trinajstić information content (AvgIpc) is 3.45. The Bertz CT molecular complexity index is 763. The summed E-state index contributed by atoms with van der Waals surface area (Å²) in [5.41, 5.74) is 3.56. The monoisotopic (exact) mass is 353 g/mol. The van der Waals surface area contributed by atoms with Crippen molar-refractivity contribution in [1.29, 1.82) is 0 Å². The SMILES string of the molecule is CCN(c1ccc(C(=O)O)cc1)c1ccc(C(C)C)c(OCC2CC2)c1. The van der Waals surface area contributed by atoms with Crippen LogP contribution in [0.4, 0.5) is 11.4 Å². The molecule has 26 heavy (non-hydrogen) atoms. The highest BCUT2D eigenvalue weighted by Gasteiger charge is 2.23. The summed E-state index contributed by atoms with van der Waals surface area (Å²) in [6.45, 7) is 8.03. The molecule has 0 heterocycles. The van der Waals surface area contributed by atoms with Crippen molar-refractivity contribution >= 4 is 17.3 Å². The van der Waals surface area contributed by atoms with Gasteiger partial charge < -0.3 is 14.7 Å². The molecule has 4 heteroatoms. The Morgan fingerprint density at radius 3 is 2.35 bits per heavy atom. The van der Waals surface area contributed by atoms with Crippen molar-refractivity contribution in [2.75, 3.05) is 18.1 Å². The third-order valence-corrected chi connectivity index (χ3v) is 4.84. The molecule has 0 saturated heterocycles. The van der Waals surface area contributed by atoms with E-state index in [1.54, 1.807) is 12.1 Å². The fourth-order valence-electron chi connectivity index (χ4n) is 3.08. The van der Waals surface area contributed by atoms with Crippen LogP contribution in [0.2, 0.25) is 0 Å². The normalized spacial score (nSPS) is 13.7. The van der Waals surface area contributed by atoms with Crippen LogP contribution in [-0.2, 0) is 0 Å². The van der Waals surface area contributed by atoms with Gasteiger partial charge in [0.05, 0.1) is 12.2 Å². The number of hydrogen-bond acceptors (Lipinski definition) is 3. The van der Waals surface area contributed by atoms with Gasteiger partial charge in [-0.25, -0.2) is 4.79 Å². The van der Waals surface area contributed by atoms with Gasteiger partial charge in [0.25, 0.3) is 0 Å². The second kappa shape index (κ2) is 7.81. The molecule has 0 atom stereocenters. The fraction of sp³-hybridized carbons (Fsp3) is 0.409. The first-order valence-corrected chi connectivity index (χ1v) is 9.37. The van der Waals surface area contributed by atoms with Gasteiger partial charge in [-0.1, -0.05) is 19.9 Å². The molecule has 0 aromatic heterocycles. The van der Waals surface area contributed by atoms with Gasteiger partial charge in [0.1, 0.15) is 5.75 Å². The maximum absolute atomic E-state index is 11.1. The van der Waals surface area contributed by atoms with Crippen LogP contribution >= 0.6 is 0 Å². The third-order valence-electron chi connectivity index (χ3n) is 4.84. The summed E-state index contributed by atoms with van der Waals surface area (Å²) < 4.78 is 6.14. The second-order valence-corrected chi connectivity index (χ2v) is 7.23. The highest BCUT2D eigenvalue weighted by Crippen LogP contribution is 2.36. The first-order valence-electron chi connectivity index (χ1n) is 9.37. The van der Waals surface area contributed by atoms with E-state index in [-0.39, 0.29) is 0 Å². The Hall–Kier alpha value is -2.49. The van der Waals surface area contributed by atoms with E-state index in [2.05, 4.69) is 43.9 Å².